The number of rotatable bonds is 2. The molecule has 1 aliphatic rings. The third-order valence-electron chi connectivity index (χ3n) is 3.66. The van der Waals surface area contributed by atoms with Crippen LogP contribution in [0.25, 0.3) is 11.0 Å². The van der Waals surface area contributed by atoms with Crippen LogP contribution in [0.1, 0.15) is 19.3 Å². The van der Waals surface area contributed by atoms with Gasteiger partial charge in [0.25, 0.3) is 0 Å². The van der Waals surface area contributed by atoms with Gasteiger partial charge in [-0.05, 0) is 25.3 Å². The van der Waals surface area contributed by atoms with Crippen LogP contribution < -0.4 is 10.6 Å². The van der Waals surface area contributed by atoms with Gasteiger partial charge in [-0.15, -0.1) is 12.4 Å². The molecule has 1 aliphatic carbocycles. The molecule has 3 N–H and O–H groups in total. The second-order valence-corrected chi connectivity index (χ2v) is 4.78. The van der Waals surface area contributed by atoms with Crippen LogP contribution in [0, 0.1) is 0 Å². The molecule has 0 radical (unpaired) electrons. The highest BCUT2D eigenvalue weighted by atomic mass is 35.5. The topological polar surface area (TPSA) is 70.8 Å². The van der Waals surface area contributed by atoms with E-state index in [1.807, 2.05) is 12.3 Å². The second kappa shape index (κ2) is 5.12. The van der Waals surface area contributed by atoms with Gasteiger partial charge in [0.1, 0.15) is 17.8 Å². The van der Waals surface area contributed by atoms with E-state index in [1.54, 1.807) is 6.33 Å². The monoisotopic (exact) mass is 267 g/mol. The number of nitrogens with two attached hydrogens (primary N) is 1. The van der Waals surface area contributed by atoms with Gasteiger partial charge in [-0.2, -0.15) is 0 Å². The number of nitrogens with zero attached hydrogens (tertiary/aromatic N) is 3. The summed E-state index contributed by atoms with van der Waals surface area (Å²) in [6, 6.07) is 2.86. The zero-order chi connectivity index (χ0) is 11.8. The van der Waals surface area contributed by atoms with Crippen LogP contribution >= 0.6 is 12.4 Å². The molecule has 2 aromatic rings. The lowest BCUT2D eigenvalue weighted by Gasteiger charge is -2.25. The van der Waals surface area contributed by atoms with Gasteiger partial charge < -0.3 is 15.6 Å². The van der Waals surface area contributed by atoms with Crippen LogP contribution in [-0.2, 0) is 0 Å². The molecule has 0 bridgehead atoms. The maximum absolute atomic E-state index is 5.97. The highest BCUT2D eigenvalue weighted by Crippen LogP contribution is 2.28. The van der Waals surface area contributed by atoms with Gasteiger partial charge in [-0.3, -0.25) is 0 Å². The first-order valence-corrected chi connectivity index (χ1v) is 6.02. The molecule has 5 nitrogen and oxygen atoms in total. The smallest absolute Gasteiger partial charge is 0.142 e. The normalized spacial score (nSPS) is 23.0. The Bertz CT molecular complexity index is 526. The Morgan fingerprint density at radius 2 is 2.22 bits per heavy atom. The van der Waals surface area contributed by atoms with E-state index < -0.39 is 0 Å². The van der Waals surface area contributed by atoms with E-state index >= 15 is 0 Å². The van der Waals surface area contributed by atoms with Crippen molar-refractivity contribution in [2.24, 2.45) is 5.73 Å². The first kappa shape index (κ1) is 13.1. The van der Waals surface area contributed by atoms with Crippen molar-refractivity contribution in [3.05, 3.63) is 18.6 Å². The fourth-order valence-electron chi connectivity index (χ4n) is 2.66. The van der Waals surface area contributed by atoms with E-state index in [4.69, 9.17) is 5.73 Å². The summed E-state index contributed by atoms with van der Waals surface area (Å²) in [5.74, 6) is 0.996. The lowest BCUT2D eigenvalue weighted by Crippen LogP contribution is -2.31. The highest BCUT2D eigenvalue weighted by molar-refractivity contribution is 5.87. The number of hydrogen-bond acceptors (Lipinski definition) is 4. The minimum atomic E-state index is 0. The Morgan fingerprint density at radius 1 is 1.39 bits per heavy atom. The number of H-pyrrole nitrogens is 1. The molecule has 2 aromatic heterocycles. The summed E-state index contributed by atoms with van der Waals surface area (Å²) in [6.45, 7) is 0. The number of fused-ring (bicyclic) bond motifs is 1. The van der Waals surface area contributed by atoms with Crippen molar-refractivity contribution >= 4 is 29.3 Å². The molecule has 18 heavy (non-hydrogen) atoms. The van der Waals surface area contributed by atoms with Crippen LogP contribution in [0.2, 0.25) is 0 Å². The van der Waals surface area contributed by atoms with Crippen LogP contribution in [0.4, 0.5) is 5.82 Å². The lowest BCUT2D eigenvalue weighted by atomic mass is 10.2. The zero-order valence-corrected chi connectivity index (χ0v) is 11.2. The number of anilines is 1. The summed E-state index contributed by atoms with van der Waals surface area (Å²) < 4.78 is 0. The molecule has 1 saturated carbocycles. The molecule has 2 heterocycles. The average molecular weight is 268 g/mol. The molecule has 0 aromatic carbocycles. The molecule has 6 heteroatoms. The molecular weight excluding hydrogens is 250 g/mol. The Balaban J connectivity index is 0.00000120. The highest BCUT2D eigenvalue weighted by Gasteiger charge is 2.26. The molecule has 0 amide bonds. The van der Waals surface area contributed by atoms with E-state index in [0.717, 1.165) is 36.1 Å². The summed E-state index contributed by atoms with van der Waals surface area (Å²) in [4.78, 5) is 14.0. The Kier molecular flexibility index (Phi) is 3.73. The van der Waals surface area contributed by atoms with Crippen molar-refractivity contribution in [1.82, 2.24) is 15.0 Å². The predicted octanol–water partition coefficient (Wildman–Crippen LogP) is 1.70. The average Bonchev–Trinajstić information content (AvgIpc) is 2.95. The Labute approximate surface area is 112 Å². The molecule has 0 unspecified atom stereocenters. The van der Waals surface area contributed by atoms with Gasteiger partial charge in [0, 0.05) is 25.3 Å². The number of nitrogens with one attached hydrogen (secondary N) is 1. The van der Waals surface area contributed by atoms with Gasteiger partial charge in [0.05, 0.1) is 5.39 Å². The third kappa shape index (κ3) is 2.15. The van der Waals surface area contributed by atoms with Crippen LogP contribution in [0.15, 0.2) is 18.6 Å². The maximum atomic E-state index is 5.97. The number of halogens is 1. The van der Waals surface area contributed by atoms with Gasteiger partial charge in [-0.1, -0.05) is 0 Å². The molecule has 0 saturated heterocycles. The number of aromatic nitrogens is 3. The zero-order valence-electron chi connectivity index (χ0n) is 10.3. The van der Waals surface area contributed by atoms with Crippen LogP contribution in [0.5, 0.6) is 0 Å². The van der Waals surface area contributed by atoms with E-state index in [1.165, 1.54) is 0 Å². The quantitative estimate of drug-likeness (QED) is 0.869. The standard InChI is InChI=1S/C12H17N5.ClH/c1-17(9-3-2-8(13)6-9)12-10-4-5-14-11(10)15-7-16-12;/h4-5,7-9H,2-3,6,13H2,1H3,(H,14,15,16);1H/t8-,9+;/m1./s1. The van der Waals surface area contributed by atoms with E-state index in [2.05, 4.69) is 26.9 Å². The second-order valence-electron chi connectivity index (χ2n) is 4.78. The van der Waals surface area contributed by atoms with Gasteiger partial charge >= 0.3 is 0 Å². The Morgan fingerprint density at radius 3 is 2.94 bits per heavy atom. The van der Waals surface area contributed by atoms with Crippen LogP contribution in [-0.4, -0.2) is 34.1 Å². The van der Waals surface area contributed by atoms with Crippen molar-refractivity contribution < 1.29 is 0 Å². The SMILES string of the molecule is CN(c1ncnc2[nH]ccc12)[C@H]1CC[C@@H](N)C1.Cl. The van der Waals surface area contributed by atoms with Crippen molar-refractivity contribution in [2.75, 3.05) is 11.9 Å². The minimum Gasteiger partial charge on any atom is -0.356 e. The third-order valence-corrected chi connectivity index (χ3v) is 3.66. The summed E-state index contributed by atoms with van der Waals surface area (Å²) in [6.07, 6.45) is 6.81. The summed E-state index contributed by atoms with van der Waals surface area (Å²) >= 11 is 0. The fourth-order valence-corrected chi connectivity index (χ4v) is 2.66. The predicted molar refractivity (Wildman–Crippen MR) is 75.2 cm³/mol. The molecular formula is C12H18ClN5. The van der Waals surface area contributed by atoms with E-state index in [0.29, 0.717) is 12.1 Å². The maximum Gasteiger partial charge on any atom is 0.142 e. The molecule has 0 aliphatic heterocycles. The summed E-state index contributed by atoms with van der Waals surface area (Å²) in [5, 5.41) is 1.08. The minimum absolute atomic E-state index is 0. The van der Waals surface area contributed by atoms with E-state index in [9.17, 15) is 0 Å². The number of aromatic amines is 1. The summed E-state index contributed by atoms with van der Waals surface area (Å²) in [5.41, 5.74) is 6.86. The van der Waals surface area contributed by atoms with Crippen molar-refractivity contribution in [1.29, 1.82) is 0 Å². The lowest BCUT2D eigenvalue weighted by molar-refractivity contribution is 0.628. The summed E-state index contributed by atoms with van der Waals surface area (Å²) in [7, 11) is 2.09. The number of hydrogen-bond donors (Lipinski definition) is 2. The molecule has 3 rings (SSSR count). The Hall–Kier alpha value is -1.33. The van der Waals surface area contributed by atoms with Crippen molar-refractivity contribution in [2.45, 2.75) is 31.3 Å². The molecule has 98 valence electrons. The van der Waals surface area contributed by atoms with Gasteiger partial charge in [0.15, 0.2) is 0 Å². The van der Waals surface area contributed by atoms with Crippen LogP contribution in [0.3, 0.4) is 0 Å². The molecule has 0 spiro atoms. The fraction of sp³-hybridized carbons (Fsp3) is 0.500. The first-order valence-electron chi connectivity index (χ1n) is 6.02. The van der Waals surface area contributed by atoms with E-state index in [-0.39, 0.29) is 12.4 Å². The molecule has 2 atom stereocenters. The van der Waals surface area contributed by atoms with Gasteiger partial charge in [0.2, 0.25) is 0 Å². The largest absolute Gasteiger partial charge is 0.356 e. The van der Waals surface area contributed by atoms with Crippen molar-refractivity contribution in [3.63, 3.8) is 0 Å². The van der Waals surface area contributed by atoms with Crippen molar-refractivity contribution in [3.8, 4) is 0 Å². The first-order chi connectivity index (χ1) is 8.25. The molecule has 1 fully saturated rings. The van der Waals surface area contributed by atoms with Gasteiger partial charge in [-0.25, -0.2) is 9.97 Å².